The van der Waals surface area contributed by atoms with Crippen molar-refractivity contribution in [1.82, 2.24) is 0 Å². The van der Waals surface area contributed by atoms with E-state index in [0.717, 1.165) is 23.1 Å². The van der Waals surface area contributed by atoms with Crippen LogP contribution in [0.4, 0.5) is 4.39 Å². The third-order valence-electron chi connectivity index (χ3n) is 2.88. The van der Waals surface area contributed by atoms with Crippen LogP contribution in [0, 0.1) is 5.82 Å². The molecule has 0 saturated carbocycles. The molecule has 0 saturated heterocycles. The van der Waals surface area contributed by atoms with Crippen molar-refractivity contribution in [3.05, 3.63) is 59.9 Å². The predicted molar refractivity (Wildman–Crippen MR) is 70.8 cm³/mol. The Morgan fingerprint density at radius 3 is 2.39 bits per heavy atom. The standard InChI is InChI=1S/C16H15FO/c1-12(18)5-6-13-7-9-14(10-8-13)15-3-2-4-16(17)11-15/h2-4,7-11H,5-6H2,1H3. The lowest BCUT2D eigenvalue weighted by atomic mass is 10.0. The van der Waals surface area contributed by atoms with Crippen molar-refractivity contribution < 1.29 is 9.18 Å². The minimum Gasteiger partial charge on any atom is -0.300 e. The summed E-state index contributed by atoms with van der Waals surface area (Å²) in [5.74, 6) is -0.0302. The Hall–Kier alpha value is -1.96. The Balaban J connectivity index is 2.14. The molecular formula is C16H15FO. The first-order valence-electron chi connectivity index (χ1n) is 5.99. The first-order valence-corrected chi connectivity index (χ1v) is 5.99. The summed E-state index contributed by atoms with van der Waals surface area (Å²) in [7, 11) is 0. The van der Waals surface area contributed by atoms with Crippen molar-refractivity contribution in [3.8, 4) is 11.1 Å². The van der Waals surface area contributed by atoms with E-state index in [0.29, 0.717) is 6.42 Å². The van der Waals surface area contributed by atoms with Gasteiger partial charge in [0.05, 0.1) is 0 Å². The maximum Gasteiger partial charge on any atom is 0.130 e. The maximum absolute atomic E-state index is 13.1. The fraction of sp³-hybridized carbons (Fsp3) is 0.188. The SMILES string of the molecule is CC(=O)CCc1ccc(-c2cccc(F)c2)cc1. The Morgan fingerprint density at radius 1 is 1.06 bits per heavy atom. The molecule has 0 amide bonds. The molecule has 0 aliphatic rings. The minimum atomic E-state index is -0.229. The molecule has 2 aromatic carbocycles. The van der Waals surface area contributed by atoms with Gasteiger partial charge in [-0.05, 0) is 42.2 Å². The molecule has 0 fully saturated rings. The van der Waals surface area contributed by atoms with Crippen molar-refractivity contribution in [2.24, 2.45) is 0 Å². The van der Waals surface area contributed by atoms with Gasteiger partial charge in [0.25, 0.3) is 0 Å². The summed E-state index contributed by atoms with van der Waals surface area (Å²) in [4.78, 5) is 10.9. The molecule has 92 valence electrons. The second-order valence-corrected chi connectivity index (χ2v) is 4.41. The van der Waals surface area contributed by atoms with Gasteiger partial charge < -0.3 is 4.79 Å². The fourth-order valence-electron chi connectivity index (χ4n) is 1.85. The zero-order valence-corrected chi connectivity index (χ0v) is 10.3. The molecule has 0 aliphatic carbocycles. The molecule has 1 nitrogen and oxygen atoms in total. The summed E-state index contributed by atoms with van der Waals surface area (Å²) in [6, 6.07) is 14.4. The van der Waals surface area contributed by atoms with E-state index in [-0.39, 0.29) is 11.6 Å². The van der Waals surface area contributed by atoms with E-state index < -0.39 is 0 Å². The van der Waals surface area contributed by atoms with Crippen LogP contribution in [-0.4, -0.2) is 5.78 Å². The molecule has 0 aromatic heterocycles. The van der Waals surface area contributed by atoms with E-state index in [2.05, 4.69) is 0 Å². The third-order valence-corrected chi connectivity index (χ3v) is 2.88. The van der Waals surface area contributed by atoms with E-state index in [4.69, 9.17) is 0 Å². The van der Waals surface area contributed by atoms with Crippen LogP contribution in [0.1, 0.15) is 18.9 Å². The first-order chi connectivity index (χ1) is 8.65. The number of hydrogen-bond donors (Lipinski definition) is 0. The summed E-state index contributed by atoms with van der Waals surface area (Å²) >= 11 is 0. The van der Waals surface area contributed by atoms with Crippen molar-refractivity contribution in [2.45, 2.75) is 19.8 Å². The molecule has 0 heterocycles. The Kier molecular flexibility index (Phi) is 3.88. The number of hydrogen-bond acceptors (Lipinski definition) is 1. The van der Waals surface area contributed by atoms with Crippen LogP contribution in [0.2, 0.25) is 0 Å². The van der Waals surface area contributed by atoms with Gasteiger partial charge in [0, 0.05) is 6.42 Å². The maximum atomic E-state index is 13.1. The summed E-state index contributed by atoms with van der Waals surface area (Å²) < 4.78 is 13.1. The predicted octanol–water partition coefficient (Wildman–Crippen LogP) is 4.01. The average Bonchev–Trinajstić information content (AvgIpc) is 2.37. The number of carbonyl (C=O) groups is 1. The molecule has 2 rings (SSSR count). The van der Waals surface area contributed by atoms with Crippen molar-refractivity contribution >= 4 is 5.78 Å². The molecule has 18 heavy (non-hydrogen) atoms. The third kappa shape index (κ3) is 3.27. The summed E-state index contributed by atoms with van der Waals surface area (Å²) in [6.07, 6.45) is 1.33. The van der Waals surface area contributed by atoms with E-state index in [1.165, 1.54) is 12.1 Å². The van der Waals surface area contributed by atoms with E-state index in [1.807, 2.05) is 30.3 Å². The zero-order chi connectivity index (χ0) is 13.0. The van der Waals surface area contributed by atoms with Gasteiger partial charge in [0.2, 0.25) is 0 Å². The highest BCUT2D eigenvalue weighted by atomic mass is 19.1. The second-order valence-electron chi connectivity index (χ2n) is 4.41. The van der Waals surface area contributed by atoms with Crippen LogP contribution in [0.15, 0.2) is 48.5 Å². The highest BCUT2D eigenvalue weighted by Gasteiger charge is 2.00. The number of carbonyl (C=O) groups excluding carboxylic acids is 1. The van der Waals surface area contributed by atoms with E-state index >= 15 is 0 Å². The van der Waals surface area contributed by atoms with Gasteiger partial charge in [0.1, 0.15) is 11.6 Å². The number of aryl methyl sites for hydroxylation is 1. The lowest BCUT2D eigenvalue weighted by molar-refractivity contribution is -0.116. The van der Waals surface area contributed by atoms with Crippen LogP contribution < -0.4 is 0 Å². The largest absolute Gasteiger partial charge is 0.300 e. The van der Waals surface area contributed by atoms with Gasteiger partial charge in [-0.3, -0.25) is 0 Å². The van der Waals surface area contributed by atoms with Crippen molar-refractivity contribution in [3.63, 3.8) is 0 Å². The van der Waals surface area contributed by atoms with Crippen molar-refractivity contribution in [1.29, 1.82) is 0 Å². The summed E-state index contributed by atoms with van der Waals surface area (Å²) in [6.45, 7) is 1.60. The Labute approximate surface area is 106 Å². The molecule has 2 aromatic rings. The second kappa shape index (κ2) is 5.58. The normalized spacial score (nSPS) is 10.3. The average molecular weight is 242 g/mol. The van der Waals surface area contributed by atoms with Gasteiger partial charge >= 0.3 is 0 Å². The molecule has 0 N–H and O–H groups in total. The first kappa shape index (κ1) is 12.5. The Bertz CT molecular complexity index is 543. The lowest BCUT2D eigenvalue weighted by Gasteiger charge is -2.04. The van der Waals surface area contributed by atoms with Gasteiger partial charge in [-0.25, -0.2) is 4.39 Å². The molecule has 0 atom stereocenters. The lowest BCUT2D eigenvalue weighted by Crippen LogP contribution is -1.93. The number of rotatable bonds is 4. The number of halogens is 1. The highest BCUT2D eigenvalue weighted by Crippen LogP contribution is 2.20. The number of benzene rings is 2. The molecule has 0 radical (unpaired) electrons. The topological polar surface area (TPSA) is 17.1 Å². The molecule has 0 aliphatic heterocycles. The van der Waals surface area contributed by atoms with Crippen LogP contribution in [0.5, 0.6) is 0 Å². The van der Waals surface area contributed by atoms with E-state index in [9.17, 15) is 9.18 Å². The van der Waals surface area contributed by atoms with Crippen LogP contribution in [-0.2, 0) is 11.2 Å². The molecule has 0 spiro atoms. The fourth-order valence-corrected chi connectivity index (χ4v) is 1.85. The smallest absolute Gasteiger partial charge is 0.130 e. The minimum absolute atomic E-state index is 0.198. The van der Waals surface area contributed by atoms with Crippen LogP contribution >= 0.6 is 0 Å². The zero-order valence-electron chi connectivity index (χ0n) is 10.3. The van der Waals surface area contributed by atoms with Gasteiger partial charge in [-0.1, -0.05) is 36.4 Å². The number of Topliss-reactive ketones (excluding diaryl/α,β-unsaturated/α-hetero) is 1. The van der Waals surface area contributed by atoms with Gasteiger partial charge in [0.15, 0.2) is 0 Å². The van der Waals surface area contributed by atoms with Crippen molar-refractivity contribution in [2.75, 3.05) is 0 Å². The summed E-state index contributed by atoms with van der Waals surface area (Å²) in [5, 5.41) is 0. The quantitative estimate of drug-likeness (QED) is 0.791. The van der Waals surface area contributed by atoms with E-state index in [1.54, 1.807) is 13.0 Å². The van der Waals surface area contributed by atoms with Crippen LogP contribution in [0.3, 0.4) is 0 Å². The van der Waals surface area contributed by atoms with Crippen LogP contribution in [0.25, 0.3) is 11.1 Å². The Morgan fingerprint density at radius 2 is 1.78 bits per heavy atom. The molecule has 2 heteroatoms. The molecular weight excluding hydrogens is 227 g/mol. The molecule has 0 unspecified atom stereocenters. The summed E-state index contributed by atoms with van der Waals surface area (Å²) in [5.41, 5.74) is 2.99. The van der Waals surface area contributed by atoms with Gasteiger partial charge in [-0.15, -0.1) is 0 Å². The number of ketones is 1. The highest BCUT2D eigenvalue weighted by molar-refractivity contribution is 5.75. The monoisotopic (exact) mass is 242 g/mol. The molecule has 0 bridgehead atoms. The van der Waals surface area contributed by atoms with Gasteiger partial charge in [-0.2, -0.15) is 0 Å².